The van der Waals surface area contributed by atoms with Crippen molar-refractivity contribution in [3.05, 3.63) is 72.7 Å². The summed E-state index contributed by atoms with van der Waals surface area (Å²) in [4.78, 5) is 20.6. The van der Waals surface area contributed by atoms with Crippen LogP contribution in [-0.2, 0) is 4.74 Å². The first-order chi connectivity index (χ1) is 14.3. The fourth-order valence-corrected chi connectivity index (χ4v) is 3.03. The highest BCUT2D eigenvalue weighted by atomic mass is 16.5. The summed E-state index contributed by atoms with van der Waals surface area (Å²) >= 11 is 0. The van der Waals surface area contributed by atoms with Crippen molar-refractivity contribution >= 4 is 17.4 Å². The zero-order valence-corrected chi connectivity index (χ0v) is 15.9. The van der Waals surface area contributed by atoms with Gasteiger partial charge >= 0.3 is 0 Å². The molecule has 2 N–H and O–H groups in total. The molecule has 7 nitrogen and oxygen atoms in total. The van der Waals surface area contributed by atoms with Crippen molar-refractivity contribution in [2.24, 2.45) is 0 Å². The third-order valence-corrected chi connectivity index (χ3v) is 4.52. The number of carbonyl (C=O) groups is 1. The minimum Gasteiger partial charge on any atom is -0.457 e. The molecular formula is C22H22N4O3. The Morgan fingerprint density at radius 2 is 1.86 bits per heavy atom. The summed E-state index contributed by atoms with van der Waals surface area (Å²) in [6.07, 6.45) is 3.48. The normalized spacial score (nSPS) is 15.7. The van der Waals surface area contributed by atoms with Crippen molar-refractivity contribution in [3.8, 4) is 11.5 Å². The Morgan fingerprint density at radius 1 is 1.07 bits per heavy atom. The molecule has 2 heterocycles. The number of carbonyl (C=O) groups excluding carboxylic acids is 1. The van der Waals surface area contributed by atoms with Gasteiger partial charge in [-0.15, -0.1) is 0 Å². The highest BCUT2D eigenvalue weighted by molar-refractivity contribution is 5.93. The highest BCUT2D eigenvalue weighted by Crippen LogP contribution is 2.24. The molecule has 1 atom stereocenters. The summed E-state index contributed by atoms with van der Waals surface area (Å²) in [5, 5.41) is 6.04. The van der Waals surface area contributed by atoms with Gasteiger partial charge in [-0.1, -0.05) is 18.2 Å². The van der Waals surface area contributed by atoms with Gasteiger partial charge in [0.2, 0.25) is 0 Å². The average Bonchev–Trinajstić information content (AvgIpc) is 3.28. The molecular weight excluding hydrogens is 368 g/mol. The molecule has 1 aliphatic rings. The van der Waals surface area contributed by atoms with E-state index in [1.165, 1.54) is 6.33 Å². The van der Waals surface area contributed by atoms with Crippen LogP contribution >= 0.6 is 0 Å². The van der Waals surface area contributed by atoms with Crippen molar-refractivity contribution in [1.29, 1.82) is 0 Å². The van der Waals surface area contributed by atoms with Crippen LogP contribution in [0, 0.1) is 0 Å². The number of rotatable bonds is 7. The summed E-state index contributed by atoms with van der Waals surface area (Å²) in [6, 6.07) is 18.7. The molecule has 0 aliphatic carbocycles. The van der Waals surface area contributed by atoms with Gasteiger partial charge < -0.3 is 20.1 Å². The molecule has 7 heteroatoms. The first-order valence-corrected chi connectivity index (χ1v) is 9.58. The smallest absolute Gasteiger partial charge is 0.270 e. The fourth-order valence-electron chi connectivity index (χ4n) is 3.03. The van der Waals surface area contributed by atoms with Crippen LogP contribution < -0.4 is 15.4 Å². The lowest BCUT2D eigenvalue weighted by Crippen LogP contribution is -2.32. The van der Waals surface area contributed by atoms with E-state index in [9.17, 15) is 4.79 Å². The number of para-hydroxylation sites is 1. The van der Waals surface area contributed by atoms with Crippen LogP contribution in [-0.4, -0.2) is 35.1 Å². The molecule has 4 rings (SSSR count). The predicted molar refractivity (Wildman–Crippen MR) is 110 cm³/mol. The van der Waals surface area contributed by atoms with Crippen LogP contribution in [0.2, 0.25) is 0 Å². The molecule has 1 aromatic heterocycles. The number of nitrogens with one attached hydrogen (secondary N) is 2. The summed E-state index contributed by atoms with van der Waals surface area (Å²) in [7, 11) is 0. The van der Waals surface area contributed by atoms with Gasteiger partial charge in [-0.05, 0) is 49.2 Å². The van der Waals surface area contributed by atoms with E-state index in [4.69, 9.17) is 9.47 Å². The third kappa shape index (κ3) is 5.30. The molecule has 0 radical (unpaired) electrons. The fraction of sp³-hybridized carbons (Fsp3) is 0.227. The van der Waals surface area contributed by atoms with Gasteiger partial charge in [0.1, 0.15) is 29.3 Å². The van der Waals surface area contributed by atoms with Crippen molar-refractivity contribution in [2.75, 3.05) is 18.5 Å². The average molecular weight is 390 g/mol. The zero-order valence-electron chi connectivity index (χ0n) is 15.9. The van der Waals surface area contributed by atoms with Crippen molar-refractivity contribution in [2.45, 2.75) is 18.9 Å². The third-order valence-electron chi connectivity index (χ3n) is 4.52. The lowest BCUT2D eigenvalue weighted by Gasteiger charge is -2.11. The Labute approximate surface area is 169 Å². The Balaban J connectivity index is 1.35. The Hall–Kier alpha value is -3.45. The Morgan fingerprint density at radius 3 is 2.62 bits per heavy atom. The van der Waals surface area contributed by atoms with Gasteiger partial charge in [0.15, 0.2) is 0 Å². The first kappa shape index (κ1) is 18.9. The standard InChI is InChI=1S/C22H22N4O3/c27-22(23-14-19-7-4-12-28-19)20-13-21(25-15-24-20)26-16-8-10-18(11-9-16)29-17-5-2-1-3-6-17/h1-3,5-6,8-11,13,15,19H,4,7,12,14H2,(H,23,27)(H,24,25,26). The molecule has 1 fully saturated rings. The quantitative estimate of drug-likeness (QED) is 0.636. The lowest BCUT2D eigenvalue weighted by atomic mass is 10.2. The van der Waals surface area contributed by atoms with Crippen molar-refractivity contribution in [1.82, 2.24) is 15.3 Å². The van der Waals surface area contributed by atoms with E-state index in [1.54, 1.807) is 6.07 Å². The number of aromatic nitrogens is 2. The minimum atomic E-state index is -0.238. The molecule has 3 aromatic rings. The largest absolute Gasteiger partial charge is 0.457 e. The molecule has 29 heavy (non-hydrogen) atoms. The van der Waals surface area contributed by atoms with E-state index < -0.39 is 0 Å². The Bertz CT molecular complexity index is 942. The van der Waals surface area contributed by atoms with Gasteiger partial charge in [-0.3, -0.25) is 4.79 Å². The number of anilines is 2. The Kier molecular flexibility index (Phi) is 5.97. The number of nitrogens with zero attached hydrogens (tertiary/aromatic N) is 2. The molecule has 1 unspecified atom stereocenters. The van der Waals surface area contributed by atoms with Crippen LogP contribution in [0.15, 0.2) is 67.0 Å². The molecule has 1 saturated heterocycles. The van der Waals surface area contributed by atoms with Gasteiger partial charge in [0.25, 0.3) is 5.91 Å². The molecule has 1 amide bonds. The summed E-state index contributed by atoms with van der Waals surface area (Å²) in [6.45, 7) is 1.26. The SMILES string of the molecule is O=C(NCC1CCCO1)c1cc(Nc2ccc(Oc3ccccc3)cc2)ncn1. The highest BCUT2D eigenvalue weighted by Gasteiger charge is 2.17. The summed E-state index contributed by atoms with van der Waals surface area (Å²) < 4.78 is 11.3. The summed E-state index contributed by atoms with van der Waals surface area (Å²) in [5.74, 6) is 1.82. The van der Waals surface area contributed by atoms with Gasteiger partial charge in [0, 0.05) is 24.9 Å². The maximum Gasteiger partial charge on any atom is 0.270 e. The van der Waals surface area contributed by atoms with Gasteiger partial charge in [0.05, 0.1) is 6.10 Å². The molecule has 1 aliphatic heterocycles. The van der Waals surface area contributed by atoms with Crippen LogP contribution in [0.5, 0.6) is 11.5 Å². The van der Waals surface area contributed by atoms with Gasteiger partial charge in [-0.2, -0.15) is 0 Å². The van der Waals surface area contributed by atoms with Gasteiger partial charge in [-0.25, -0.2) is 9.97 Å². The van der Waals surface area contributed by atoms with E-state index >= 15 is 0 Å². The van der Waals surface area contributed by atoms with Crippen LogP contribution in [0.25, 0.3) is 0 Å². The maximum absolute atomic E-state index is 12.3. The van der Waals surface area contributed by atoms with Crippen molar-refractivity contribution < 1.29 is 14.3 Å². The monoisotopic (exact) mass is 390 g/mol. The second-order valence-corrected chi connectivity index (χ2v) is 6.70. The molecule has 0 bridgehead atoms. The number of hydrogen-bond acceptors (Lipinski definition) is 6. The zero-order chi connectivity index (χ0) is 19.9. The van der Waals surface area contributed by atoms with Crippen LogP contribution in [0.3, 0.4) is 0 Å². The van der Waals surface area contributed by atoms with Crippen molar-refractivity contribution in [3.63, 3.8) is 0 Å². The minimum absolute atomic E-state index is 0.0926. The van der Waals surface area contributed by atoms with E-state index in [0.717, 1.165) is 36.6 Å². The lowest BCUT2D eigenvalue weighted by molar-refractivity contribution is 0.0853. The van der Waals surface area contributed by atoms with E-state index in [0.29, 0.717) is 18.1 Å². The second kappa shape index (κ2) is 9.16. The molecule has 148 valence electrons. The number of hydrogen-bond donors (Lipinski definition) is 2. The van der Waals surface area contributed by atoms with E-state index in [1.807, 2.05) is 54.6 Å². The first-order valence-electron chi connectivity index (χ1n) is 9.58. The van der Waals surface area contributed by atoms with E-state index in [-0.39, 0.29) is 12.0 Å². The predicted octanol–water partition coefficient (Wildman–Crippen LogP) is 3.92. The summed E-state index contributed by atoms with van der Waals surface area (Å²) in [5.41, 5.74) is 1.14. The van der Waals surface area contributed by atoms with E-state index in [2.05, 4.69) is 20.6 Å². The molecule has 0 spiro atoms. The number of ether oxygens (including phenoxy) is 2. The number of benzene rings is 2. The molecule has 0 saturated carbocycles. The van der Waals surface area contributed by atoms with Crippen LogP contribution in [0.4, 0.5) is 11.5 Å². The number of amides is 1. The van der Waals surface area contributed by atoms with Crippen LogP contribution in [0.1, 0.15) is 23.3 Å². The molecule has 2 aromatic carbocycles. The maximum atomic E-state index is 12.3. The second-order valence-electron chi connectivity index (χ2n) is 6.70. The topological polar surface area (TPSA) is 85.4 Å².